The highest BCUT2D eigenvalue weighted by molar-refractivity contribution is 5.51. The van der Waals surface area contributed by atoms with Gasteiger partial charge in [0.05, 0.1) is 30.5 Å². The summed E-state index contributed by atoms with van der Waals surface area (Å²) in [5.74, 6) is -1.58. The molecule has 0 radical (unpaired) electrons. The van der Waals surface area contributed by atoms with Crippen molar-refractivity contribution in [3.8, 4) is 6.07 Å². The van der Waals surface area contributed by atoms with Crippen molar-refractivity contribution in [2.45, 2.75) is 26.9 Å². The van der Waals surface area contributed by atoms with Gasteiger partial charge in [-0.25, -0.2) is 8.78 Å². The molecule has 2 aromatic rings. The van der Waals surface area contributed by atoms with E-state index in [1.807, 2.05) is 13.8 Å². The van der Waals surface area contributed by atoms with Crippen LogP contribution < -0.4 is 5.32 Å². The van der Waals surface area contributed by atoms with Crippen molar-refractivity contribution in [3.05, 3.63) is 46.3 Å². The van der Waals surface area contributed by atoms with Crippen molar-refractivity contribution >= 4 is 5.69 Å². The molecule has 1 N–H and O–H groups in total. The van der Waals surface area contributed by atoms with Gasteiger partial charge in [0.1, 0.15) is 5.69 Å². The van der Waals surface area contributed by atoms with E-state index in [2.05, 4.69) is 10.4 Å². The van der Waals surface area contributed by atoms with Gasteiger partial charge < -0.3 is 10.1 Å². The molecule has 2 rings (SSSR count). The minimum Gasteiger partial charge on any atom is -0.383 e. The van der Waals surface area contributed by atoms with Gasteiger partial charge in [-0.1, -0.05) is 0 Å². The van der Waals surface area contributed by atoms with E-state index in [4.69, 9.17) is 10.00 Å². The fraction of sp³-hybridized carbons (Fsp3) is 0.375. The molecule has 23 heavy (non-hydrogen) atoms. The molecule has 0 saturated heterocycles. The number of hydrogen-bond acceptors (Lipinski definition) is 4. The molecule has 122 valence electrons. The highest BCUT2D eigenvalue weighted by Crippen LogP contribution is 2.22. The van der Waals surface area contributed by atoms with Gasteiger partial charge in [0.15, 0.2) is 11.6 Å². The van der Waals surface area contributed by atoms with Gasteiger partial charge in [0.2, 0.25) is 0 Å². The molecule has 0 spiro atoms. The summed E-state index contributed by atoms with van der Waals surface area (Å²) in [5, 5.41) is 15.9. The number of methoxy groups -OCH3 is 1. The number of halogens is 2. The van der Waals surface area contributed by atoms with Crippen LogP contribution in [0.3, 0.4) is 0 Å². The predicted molar refractivity (Wildman–Crippen MR) is 82.0 cm³/mol. The van der Waals surface area contributed by atoms with Crippen molar-refractivity contribution in [2.75, 3.05) is 19.0 Å². The quantitative estimate of drug-likeness (QED) is 0.889. The maximum atomic E-state index is 13.9. The zero-order chi connectivity index (χ0) is 17.0. The maximum Gasteiger partial charge on any atom is 0.150 e. The second-order valence-corrected chi connectivity index (χ2v) is 5.15. The topological polar surface area (TPSA) is 62.9 Å². The summed E-state index contributed by atoms with van der Waals surface area (Å²) in [6.07, 6.45) is 0. The zero-order valence-electron chi connectivity index (χ0n) is 13.3. The van der Waals surface area contributed by atoms with Crippen LogP contribution in [0.15, 0.2) is 12.1 Å². The number of benzene rings is 1. The van der Waals surface area contributed by atoms with Crippen LogP contribution in [0.4, 0.5) is 14.5 Å². The highest BCUT2D eigenvalue weighted by Gasteiger charge is 2.15. The van der Waals surface area contributed by atoms with Crippen molar-refractivity contribution in [3.63, 3.8) is 0 Å². The molecule has 0 unspecified atom stereocenters. The van der Waals surface area contributed by atoms with Crippen molar-refractivity contribution in [2.24, 2.45) is 0 Å². The van der Waals surface area contributed by atoms with Gasteiger partial charge in [0, 0.05) is 24.9 Å². The largest absolute Gasteiger partial charge is 0.383 e. The number of nitrogens with zero attached hydrogens (tertiary/aromatic N) is 3. The second kappa shape index (κ2) is 7.20. The van der Waals surface area contributed by atoms with Crippen molar-refractivity contribution < 1.29 is 13.5 Å². The number of ether oxygens (including phenoxy) is 1. The predicted octanol–water partition coefficient (Wildman–Crippen LogP) is 2.91. The van der Waals surface area contributed by atoms with Gasteiger partial charge in [0.25, 0.3) is 0 Å². The molecule has 5 nitrogen and oxygen atoms in total. The average Bonchev–Trinajstić information content (AvgIpc) is 2.78. The molecule has 0 atom stereocenters. The number of anilines is 1. The Balaban J connectivity index is 2.19. The molecule has 0 aliphatic heterocycles. The molecular formula is C16H18F2N4O. The van der Waals surface area contributed by atoms with Crippen LogP contribution in [0.5, 0.6) is 0 Å². The van der Waals surface area contributed by atoms with Gasteiger partial charge in [-0.15, -0.1) is 0 Å². The molecule has 0 aliphatic carbocycles. The van der Waals surface area contributed by atoms with Crippen LogP contribution in [0.2, 0.25) is 0 Å². The van der Waals surface area contributed by atoms with Crippen LogP contribution in [0, 0.1) is 36.8 Å². The first-order valence-electron chi connectivity index (χ1n) is 7.12. The van der Waals surface area contributed by atoms with E-state index in [0.717, 1.165) is 29.1 Å². The summed E-state index contributed by atoms with van der Waals surface area (Å²) in [4.78, 5) is 0. The Morgan fingerprint density at radius 2 is 1.96 bits per heavy atom. The smallest absolute Gasteiger partial charge is 0.150 e. The monoisotopic (exact) mass is 320 g/mol. The van der Waals surface area contributed by atoms with E-state index in [-0.39, 0.29) is 17.8 Å². The summed E-state index contributed by atoms with van der Waals surface area (Å²) < 4.78 is 34.6. The van der Waals surface area contributed by atoms with E-state index in [1.165, 1.54) is 0 Å². The fourth-order valence-corrected chi connectivity index (χ4v) is 2.37. The lowest BCUT2D eigenvalue weighted by Crippen LogP contribution is -2.09. The Morgan fingerprint density at radius 1 is 1.30 bits per heavy atom. The molecule has 7 heteroatoms. The van der Waals surface area contributed by atoms with Crippen LogP contribution in [0.25, 0.3) is 0 Å². The van der Waals surface area contributed by atoms with E-state index in [9.17, 15) is 8.78 Å². The minimum absolute atomic E-state index is 0.0507. The summed E-state index contributed by atoms with van der Waals surface area (Å²) in [6.45, 7) is 5.14. The Kier molecular flexibility index (Phi) is 5.29. The molecule has 0 amide bonds. The van der Waals surface area contributed by atoms with Crippen molar-refractivity contribution in [1.29, 1.82) is 5.26 Å². The van der Waals surface area contributed by atoms with Crippen LogP contribution in [-0.2, 0) is 17.8 Å². The molecule has 1 aromatic carbocycles. The number of aromatic nitrogens is 2. The minimum atomic E-state index is -0.788. The zero-order valence-corrected chi connectivity index (χ0v) is 13.3. The Labute approximate surface area is 133 Å². The van der Waals surface area contributed by atoms with Crippen LogP contribution >= 0.6 is 0 Å². The first-order chi connectivity index (χ1) is 11.0. The highest BCUT2D eigenvalue weighted by atomic mass is 19.1. The van der Waals surface area contributed by atoms with Gasteiger partial charge in [-0.05, 0) is 26.0 Å². The van der Waals surface area contributed by atoms with Crippen LogP contribution in [-0.4, -0.2) is 23.5 Å². The molecule has 1 aromatic heterocycles. The Hall–Kier alpha value is -2.46. The summed E-state index contributed by atoms with van der Waals surface area (Å²) in [5.41, 5.74) is 2.30. The molecule has 0 bridgehead atoms. The first-order valence-corrected chi connectivity index (χ1v) is 7.12. The van der Waals surface area contributed by atoms with Crippen LogP contribution in [0.1, 0.15) is 22.5 Å². The normalized spacial score (nSPS) is 10.6. The molecular weight excluding hydrogens is 302 g/mol. The third-order valence-electron chi connectivity index (χ3n) is 3.65. The van der Waals surface area contributed by atoms with Gasteiger partial charge in [-0.3, -0.25) is 4.68 Å². The van der Waals surface area contributed by atoms with E-state index in [0.29, 0.717) is 13.2 Å². The Bertz CT molecular complexity index is 726. The van der Waals surface area contributed by atoms with E-state index in [1.54, 1.807) is 17.9 Å². The summed E-state index contributed by atoms with van der Waals surface area (Å²) in [6, 6.07) is 3.73. The molecule has 0 aliphatic rings. The lowest BCUT2D eigenvalue weighted by atomic mass is 10.1. The standard InChI is InChI=1S/C16H18F2N4O/c1-10-13(11(2)22(21-10)4-5-23-3)9-20-16-14(17)6-12(8-19)7-15(16)18/h6-7,20H,4-5,9H2,1-3H3. The number of nitrogens with one attached hydrogen (secondary N) is 1. The lowest BCUT2D eigenvalue weighted by molar-refractivity contribution is 0.182. The number of hydrogen-bond donors (Lipinski definition) is 1. The van der Waals surface area contributed by atoms with E-state index >= 15 is 0 Å². The number of aryl methyl sites for hydroxylation is 1. The van der Waals surface area contributed by atoms with E-state index < -0.39 is 11.6 Å². The lowest BCUT2D eigenvalue weighted by Gasteiger charge is -2.10. The Morgan fingerprint density at radius 3 is 2.52 bits per heavy atom. The van der Waals surface area contributed by atoms with Gasteiger partial charge in [-0.2, -0.15) is 10.4 Å². The molecule has 1 heterocycles. The van der Waals surface area contributed by atoms with Gasteiger partial charge >= 0.3 is 0 Å². The van der Waals surface area contributed by atoms with Crippen molar-refractivity contribution in [1.82, 2.24) is 9.78 Å². The number of rotatable bonds is 6. The third kappa shape index (κ3) is 3.66. The third-order valence-corrected chi connectivity index (χ3v) is 3.65. The second-order valence-electron chi connectivity index (χ2n) is 5.15. The maximum absolute atomic E-state index is 13.9. The first kappa shape index (κ1) is 16.9. The summed E-state index contributed by atoms with van der Waals surface area (Å²) >= 11 is 0. The number of nitriles is 1. The fourth-order valence-electron chi connectivity index (χ4n) is 2.37. The SMILES string of the molecule is COCCn1nc(C)c(CNc2c(F)cc(C#N)cc2F)c1C. The summed E-state index contributed by atoms with van der Waals surface area (Å²) in [7, 11) is 1.62. The molecule has 0 saturated carbocycles. The molecule has 0 fully saturated rings. The average molecular weight is 320 g/mol.